The topological polar surface area (TPSA) is 61.8 Å². The summed E-state index contributed by atoms with van der Waals surface area (Å²) >= 11 is 0. The first-order valence-electron chi connectivity index (χ1n) is 14.4. The summed E-state index contributed by atoms with van der Waals surface area (Å²) in [5.74, 6) is 2.10. The van der Waals surface area contributed by atoms with Crippen molar-refractivity contribution in [2.75, 3.05) is 0 Å². The van der Waals surface area contributed by atoms with Gasteiger partial charge in [-0.15, -0.1) is 0 Å². The summed E-state index contributed by atoms with van der Waals surface area (Å²) in [6.07, 6.45) is 0.926. The normalized spacial score (nSPS) is 11.7. The van der Waals surface area contributed by atoms with Gasteiger partial charge in [-0.05, 0) is 104 Å². The molecule has 4 rings (SSSR count). The average Bonchev–Trinajstić information content (AvgIpc) is 2.98. The van der Waals surface area contributed by atoms with Crippen molar-refractivity contribution in [1.82, 2.24) is 0 Å². The molecule has 0 aliphatic carbocycles. The minimum absolute atomic E-state index is 0.0593. The molecule has 0 saturated heterocycles. The molecule has 0 amide bonds. The number of Topliss-reactive ketones (excluding diaryl/α,β-unsaturated/α-hetero) is 1. The van der Waals surface area contributed by atoms with Gasteiger partial charge in [-0.25, -0.2) is 4.79 Å². The summed E-state index contributed by atoms with van der Waals surface area (Å²) in [5.41, 5.74) is 2.88. The number of carbonyl (C=O) groups excluding carboxylic acids is 2. The molecule has 0 radical (unpaired) electrons. The summed E-state index contributed by atoms with van der Waals surface area (Å²) in [4.78, 5) is 24.9. The van der Waals surface area contributed by atoms with E-state index in [1.54, 1.807) is 48.5 Å². The molecule has 4 aromatic carbocycles. The van der Waals surface area contributed by atoms with E-state index in [0.29, 0.717) is 28.4 Å². The van der Waals surface area contributed by atoms with Crippen molar-refractivity contribution in [1.29, 1.82) is 0 Å². The number of rotatable bonds is 11. The lowest BCUT2D eigenvalue weighted by Gasteiger charge is -2.28. The highest BCUT2D eigenvalue weighted by Gasteiger charge is 2.24. The van der Waals surface area contributed by atoms with Gasteiger partial charge >= 0.3 is 5.97 Å². The predicted molar refractivity (Wildman–Crippen MR) is 167 cm³/mol. The maximum absolute atomic E-state index is 12.8. The molecule has 0 unspecified atom stereocenters. The van der Waals surface area contributed by atoms with Gasteiger partial charge in [0, 0.05) is 16.9 Å². The van der Waals surface area contributed by atoms with Gasteiger partial charge in [0.1, 0.15) is 28.6 Å². The van der Waals surface area contributed by atoms with Crippen LogP contribution in [0, 0.1) is 5.92 Å². The fourth-order valence-electron chi connectivity index (χ4n) is 4.42. The molecule has 0 aliphatic rings. The zero-order valence-electron chi connectivity index (χ0n) is 25.6. The summed E-state index contributed by atoms with van der Waals surface area (Å²) in [6, 6.07) is 29.7. The molecule has 0 aliphatic heterocycles. The minimum atomic E-state index is -0.448. The van der Waals surface area contributed by atoms with Gasteiger partial charge in [-0.1, -0.05) is 58.9 Å². The molecule has 0 spiro atoms. The number of ketones is 1. The van der Waals surface area contributed by atoms with Crippen LogP contribution in [0.2, 0.25) is 0 Å². The number of carbonyl (C=O) groups is 2. The third kappa shape index (κ3) is 7.47. The largest absolute Gasteiger partial charge is 0.488 e. The van der Waals surface area contributed by atoms with Gasteiger partial charge in [-0.2, -0.15) is 0 Å². The first-order valence-corrected chi connectivity index (χ1v) is 14.4. The number of benzene rings is 4. The first kappa shape index (κ1) is 30.6. The van der Waals surface area contributed by atoms with Crippen LogP contribution in [-0.2, 0) is 5.41 Å². The van der Waals surface area contributed by atoms with Crippen LogP contribution in [0.3, 0.4) is 0 Å². The van der Waals surface area contributed by atoms with Crippen molar-refractivity contribution in [3.05, 3.63) is 119 Å². The van der Waals surface area contributed by atoms with Gasteiger partial charge in [0.2, 0.25) is 0 Å². The number of hydrogen-bond donors (Lipinski definition) is 0. The number of esters is 1. The summed E-state index contributed by atoms with van der Waals surface area (Å²) < 4.78 is 17.6. The molecular weight excluding hydrogens is 524 g/mol. The second kappa shape index (κ2) is 12.6. The van der Waals surface area contributed by atoms with Gasteiger partial charge in [0.05, 0.1) is 5.56 Å². The minimum Gasteiger partial charge on any atom is -0.488 e. The molecule has 42 heavy (non-hydrogen) atoms. The Kier molecular flexibility index (Phi) is 9.20. The van der Waals surface area contributed by atoms with Crippen LogP contribution >= 0.6 is 0 Å². The zero-order valence-corrected chi connectivity index (χ0v) is 25.6. The van der Waals surface area contributed by atoms with E-state index in [9.17, 15) is 9.59 Å². The molecule has 218 valence electrons. The summed E-state index contributed by atoms with van der Waals surface area (Å²) in [6.45, 7) is 14.4. The first-order chi connectivity index (χ1) is 19.9. The number of hydrogen-bond acceptors (Lipinski definition) is 5. The van der Waals surface area contributed by atoms with E-state index in [2.05, 4.69) is 46.8 Å². The second-order valence-corrected chi connectivity index (χ2v) is 11.9. The summed E-state index contributed by atoms with van der Waals surface area (Å²) in [7, 11) is 0. The van der Waals surface area contributed by atoms with Gasteiger partial charge in [0.25, 0.3) is 0 Å². The Labute approximate surface area is 249 Å². The van der Waals surface area contributed by atoms with Crippen molar-refractivity contribution in [2.24, 2.45) is 5.92 Å². The van der Waals surface area contributed by atoms with Crippen molar-refractivity contribution in [3.63, 3.8) is 0 Å². The van der Waals surface area contributed by atoms with Gasteiger partial charge in [-0.3, -0.25) is 4.79 Å². The van der Waals surface area contributed by atoms with E-state index >= 15 is 0 Å². The lowest BCUT2D eigenvalue weighted by Crippen LogP contribution is -2.26. The van der Waals surface area contributed by atoms with Crippen LogP contribution in [0.5, 0.6) is 23.0 Å². The average molecular weight is 565 g/mol. The highest BCUT2D eigenvalue weighted by atomic mass is 16.5. The van der Waals surface area contributed by atoms with Crippen LogP contribution in [0.1, 0.15) is 86.7 Å². The Morgan fingerprint density at radius 3 is 1.50 bits per heavy atom. The van der Waals surface area contributed by atoms with Crippen molar-refractivity contribution >= 4 is 11.8 Å². The molecule has 0 N–H and O–H groups in total. The van der Waals surface area contributed by atoms with Crippen molar-refractivity contribution < 1.29 is 23.8 Å². The fourth-order valence-corrected chi connectivity index (χ4v) is 4.42. The third-order valence-corrected chi connectivity index (χ3v) is 7.60. The molecule has 0 saturated carbocycles. The van der Waals surface area contributed by atoms with Gasteiger partial charge in [0.15, 0.2) is 5.78 Å². The zero-order chi connectivity index (χ0) is 30.5. The molecule has 0 heterocycles. The van der Waals surface area contributed by atoms with Crippen molar-refractivity contribution in [2.45, 2.75) is 65.9 Å². The SMILES string of the molecule is CCC(C)(C)Oc1ccc(C(C)(C)c2ccc(OC(=O)c3ccc(Oc4ccc(C(=O)C(C)C)cc4)cc3)cc2)cc1. The van der Waals surface area contributed by atoms with Crippen LogP contribution in [0.25, 0.3) is 0 Å². The van der Waals surface area contributed by atoms with Crippen LogP contribution < -0.4 is 14.2 Å². The molecule has 4 aromatic rings. The van der Waals surface area contributed by atoms with E-state index in [-0.39, 0.29) is 22.7 Å². The monoisotopic (exact) mass is 564 g/mol. The molecule has 5 heteroatoms. The van der Waals surface area contributed by atoms with Crippen LogP contribution in [0.15, 0.2) is 97.1 Å². The van der Waals surface area contributed by atoms with E-state index < -0.39 is 5.97 Å². The Balaban J connectivity index is 1.36. The quantitative estimate of drug-likeness (QED) is 0.103. The molecule has 0 atom stereocenters. The van der Waals surface area contributed by atoms with E-state index in [0.717, 1.165) is 23.3 Å². The maximum Gasteiger partial charge on any atom is 0.343 e. The van der Waals surface area contributed by atoms with Crippen LogP contribution in [-0.4, -0.2) is 17.4 Å². The standard InChI is InChI=1S/C37H40O5/c1-8-36(4,5)42-33-23-15-29(16-24-33)37(6,7)28-13-21-32(22-14-28)41-35(39)27-11-19-31(20-12-27)40-30-17-9-26(10-18-30)34(38)25(2)3/h9-25H,8H2,1-7H3. The van der Waals surface area contributed by atoms with Crippen LogP contribution in [0.4, 0.5) is 0 Å². The Hall–Kier alpha value is -4.38. The maximum atomic E-state index is 12.8. The van der Waals surface area contributed by atoms with E-state index in [4.69, 9.17) is 14.2 Å². The van der Waals surface area contributed by atoms with E-state index in [1.165, 1.54) is 0 Å². The lowest BCUT2D eigenvalue weighted by atomic mass is 9.78. The van der Waals surface area contributed by atoms with Crippen molar-refractivity contribution in [3.8, 4) is 23.0 Å². The predicted octanol–water partition coefficient (Wildman–Crippen LogP) is 9.43. The lowest BCUT2D eigenvalue weighted by molar-refractivity contribution is 0.0734. The molecule has 0 bridgehead atoms. The highest BCUT2D eigenvalue weighted by Crippen LogP contribution is 2.34. The number of ether oxygens (including phenoxy) is 3. The molecule has 0 aromatic heterocycles. The second-order valence-electron chi connectivity index (χ2n) is 11.9. The summed E-state index contributed by atoms with van der Waals surface area (Å²) in [5, 5.41) is 0. The highest BCUT2D eigenvalue weighted by molar-refractivity contribution is 5.97. The fraction of sp³-hybridized carbons (Fsp3) is 0.297. The Morgan fingerprint density at radius 2 is 1.05 bits per heavy atom. The Bertz CT molecular complexity index is 1490. The molecule has 5 nitrogen and oxygen atoms in total. The Morgan fingerprint density at radius 1 is 0.619 bits per heavy atom. The van der Waals surface area contributed by atoms with Gasteiger partial charge < -0.3 is 14.2 Å². The molecular formula is C37H40O5. The third-order valence-electron chi connectivity index (χ3n) is 7.60. The smallest absolute Gasteiger partial charge is 0.343 e. The van der Waals surface area contributed by atoms with E-state index in [1.807, 2.05) is 50.2 Å². The molecule has 0 fully saturated rings.